The topological polar surface area (TPSA) is 83.6 Å². The van der Waals surface area contributed by atoms with Crippen molar-refractivity contribution in [3.8, 4) is 0 Å². The van der Waals surface area contributed by atoms with Gasteiger partial charge >= 0.3 is 0 Å². The van der Waals surface area contributed by atoms with E-state index in [-0.39, 0.29) is 5.75 Å². The van der Waals surface area contributed by atoms with Gasteiger partial charge in [0.1, 0.15) is 0 Å². The molecule has 0 spiro atoms. The van der Waals surface area contributed by atoms with Crippen molar-refractivity contribution < 1.29 is 13.5 Å². The first kappa shape index (κ1) is 13.8. The highest BCUT2D eigenvalue weighted by Gasteiger charge is 2.16. The fraction of sp³-hybridized carbons (Fsp3) is 1.00. The van der Waals surface area contributed by atoms with Crippen LogP contribution in [0.3, 0.4) is 0 Å². The Hall–Kier alpha value is -0.170. The summed E-state index contributed by atoms with van der Waals surface area (Å²) >= 11 is 0. The molecule has 0 aliphatic carbocycles. The van der Waals surface area contributed by atoms with E-state index in [9.17, 15) is 8.42 Å². The first-order valence-electron chi connectivity index (χ1n) is 4.72. The third-order valence-corrected chi connectivity index (χ3v) is 3.88. The maximum absolute atomic E-state index is 11.5. The van der Waals surface area contributed by atoms with E-state index >= 15 is 0 Å². The smallest absolute Gasteiger partial charge is 0.213 e. The zero-order valence-corrected chi connectivity index (χ0v) is 9.63. The minimum Gasteiger partial charge on any atom is -0.393 e. The number of hydrogen-bond acceptors (Lipinski definition) is 4. The summed E-state index contributed by atoms with van der Waals surface area (Å²) in [6.07, 6.45) is 0.460. The molecule has 0 radical (unpaired) electrons. The molecule has 5 nitrogen and oxygen atoms in total. The third kappa shape index (κ3) is 5.54. The molecule has 6 heteroatoms. The zero-order chi connectivity index (χ0) is 11.2. The lowest BCUT2D eigenvalue weighted by atomic mass is 10.3. The lowest BCUT2D eigenvalue weighted by Crippen LogP contribution is -2.32. The van der Waals surface area contributed by atoms with Crippen LogP contribution in [0.5, 0.6) is 0 Å². The van der Waals surface area contributed by atoms with Gasteiger partial charge in [-0.2, -0.15) is 0 Å². The van der Waals surface area contributed by atoms with Crippen LogP contribution < -0.4 is 5.73 Å². The second-order valence-electron chi connectivity index (χ2n) is 3.42. The van der Waals surface area contributed by atoms with E-state index in [4.69, 9.17) is 10.8 Å². The summed E-state index contributed by atoms with van der Waals surface area (Å²) in [5.74, 6) is 0.0831. The molecule has 3 N–H and O–H groups in total. The molecule has 0 rings (SSSR count). The molecule has 0 aromatic rings. The second kappa shape index (κ2) is 6.34. The van der Waals surface area contributed by atoms with E-state index in [1.165, 1.54) is 11.4 Å². The van der Waals surface area contributed by atoms with Gasteiger partial charge in [-0.05, 0) is 26.3 Å². The highest BCUT2D eigenvalue weighted by Crippen LogP contribution is 2.02. The quantitative estimate of drug-likeness (QED) is 0.603. The van der Waals surface area contributed by atoms with Crippen LogP contribution in [0, 0.1) is 0 Å². The molecular formula is C8H20N2O3S. The van der Waals surface area contributed by atoms with E-state index in [1.54, 1.807) is 6.92 Å². The number of sulfonamides is 1. The molecule has 0 bridgehead atoms. The summed E-state index contributed by atoms with van der Waals surface area (Å²) in [6, 6.07) is 0. The minimum absolute atomic E-state index is 0.0831. The van der Waals surface area contributed by atoms with Gasteiger partial charge in [0, 0.05) is 13.6 Å². The van der Waals surface area contributed by atoms with E-state index < -0.39 is 16.1 Å². The number of nitrogens with two attached hydrogens (primary N) is 1. The fourth-order valence-corrected chi connectivity index (χ4v) is 2.16. The van der Waals surface area contributed by atoms with Crippen LogP contribution in [0.4, 0.5) is 0 Å². The SMILES string of the molecule is CC(O)CCN(C)S(=O)(=O)CCCN. The maximum atomic E-state index is 11.5. The Morgan fingerprint density at radius 1 is 1.50 bits per heavy atom. The van der Waals surface area contributed by atoms with Gasteiger partial charge in [-0.15, -0.1) is 0 Å². The minimum atomic E-state index is -3.18. The molecule has 0 aliphatic rings. The van der Waals surface area contributed by atoms with Crippen LogP contribution in [0.25, 0.3) is 0 Å². The summed E-state index contributed by atoms with van der Waals surface area (Å²) in [5, 5.41) is 9.00. The second-order valence-corrected chi connectivity index (χ2v) is 5.61. The van der Waals surface area contributed by atoms with Crippen molar-refractivity contribution in [1.82, 2.24) is 4.31 Å². The molecule has 0 saturated carbocycles. The van der Waals surface area contributed by atoms with Crippen LogP contribution in [-0.4, -0.2) is 49.8 Å². The molecule has 14 heavy (non-hydrogen) atoms. The van der Waals surface area contributed by atoms with Crippen LogP contribution in [-0.2, 0) is 10.0 Å². The van der Waals surface area contributed by atoms with Crippen molar-refractivity contribution in [2.45, 2.75) is 25.9 Å². The third-order valence-electron chi connectivity index (χ3n) is 1.94. The summed E-state index contributed by atoms with van der Waals surface area (Å²) < 4.78 is 24.3. The van der Waals surface area contributed by atoms with Crippen molar-refractivity contribution in [2.24, 2.45) is 5.73 Å². The van der Waals surface area contributed by atoms with Gasteiger partial charge in [0.2, 0.25) is 10.0 Å². The number of aliphatic hydroxyl groups is 1. The zero-order valence-electron chi connectivity index (χ0n) is 8.81. The van der Waals surface area contributed by atoms with Crippen LogP contribution in [0.15, 0.2) is 0 Å². The van der Waals surface area contributed by atoms with E-state index in [0.29, 0.717) is 25.9 Å². The number of rotatable bonds is 7. The predicted molar refractivity (Wildman–Crippen MR) is 56.4 cm³/mol. The summed E-state index contributed by atoms with van der Waals surface area (Å²) in [5.41, 5.74) is 5.24. The van der Waals surface area contributed by atoms with Crippen molar-refractivity contribution in [3.63, 3.8) is 0 Å². The molecule has 86 valence electrons. The standard InChI is InChI=1S/C8H20N2O3S/c1-8(11)4-6-10(2)14(12,13)7-3-5-9/h8,11H,3-7,9H2,1-2H3. The molecule has 0 heterocycles. The predicted octanol–water partition coefficient (Wildman–Crippen LogP) is -0.632. The Labute approximate surface area is 85.9 Å². The van der Waals surface area contributed by atoms with Crippen molar-refractivity contribution in [3.05, 3.63) is 0 Å². The lowest BCUT2D eigenvalue weighted by Gasteiger charge is -2.17. The number of aliphatic hydroxyl groups excluding tert-OH is 1. The summed E-state index contributed by atoms with van der Waals surface area (Å²) in [4.78, 5) is 0. The Kier molecular flexibility index (Phi) is 6.26. The first-order valence-corrected chi connectivity index (χ1v) is 6.33. The maximum Gasteiger partial charge on any atom is 0.213 e. The average molecular weight is 224 g/mol. The van der Waals surface area contributed by atoms with Crippen LogP contribution >= 0.6 is 0 Å². The molecule has 0 fully saturated rings. The van der Waals surface area contributed by atoms with E-state index in [1.807, 2.05) is 0 Å². The first-order chi connectivity index (χ1) is 6.40. The molecule has 1 atom stereocenters. The lowest BCUT2D eigenvalue weighted by molar-refractivity contribution is 0.177. The fourth-order valence-electron chi connectivity index (χ4n) is 0.929. The molecule has 0 aromatic heterocycles. The van der Waals surface area contributed by atoms with Gasteiger partial charge in [-0.3, -0.25) is 0 Å². The Morgan fingerprint density at radius 3 is 2.50 bits per heavy atom. The van der Waals surface area contributed by atoms with Crippen LogP contribution in [0.1, 0.15) is 19.8 Å². The molecule has 1 unspecified atom stereocenters. The van der Waals surface area contributed by atoms with Gasteiger partial charge in [-0.25, -0.2) is 12.7 Å². The molecule has 0 aromatic carbocycles. The Bertz CT molecular complexity index is 239. The van der Waals surface area contributed by atoms with Gasteiger partial charge in [0.05, 0.1) is 11.9 Å². The van der Waals surface area contributed by atoms with Crippen LogP contribution in [0.2, 0.25) is 0 Å². The Morgan fingerprint density at radius 2 is 2.07 bits per heavy atom. The summed E-state index contributed by atoms with van der Waals surface area (Å²) in [6.45, 7) is 2.37. The monoisotopic (exact) mass is 224 g/mol. The highest BCUT2D eigenvalue weighted by molar-refractivity contribution is 7.89. The van der Waals surface area contributed by atoms with Gasteiger partial charge in [-0.1, -0.05) is 0 Å². The van der Waals surface area contributed by atoms with E-state index in [0.717, 1.165) is 0 Å². The van der Waals surface area contributed by atoms with Crippen molar-refractivity contribution in [2.75, 3.05) is 25.9 Å². The molecule has 0 amide bonds. The van der Waals surface area contributed by atoms with Gasteiger partial charge in [0.25, 0.3) is 0 Å². The number of hydrogen-bond donors (Lipinski definition) is 2. The summed E-state index contributed by atoms with van der Waals surface area (Å²) in [7, 11) is -1.65. The highest BCUT2D eigenvalue weighted by atomic mass is 32.2. The molecule has 0 saturated heterocycles. The normalized spacial score (nSPS) is 14.6. The largest absolute Gasteiger partial charge is 0.393 e. The molecular weight excluding hydrogens is 204 g/mol. The van der Waals surface area contributed by atoms with Gasteiger partial charge in [0.15, 0.2) is 0 Å². The number of nitrogens with zero attached hydrogens (tertiary/aromatic N) is 1. The van der Waals surface area contributed by atoms with Gasteiger partial charge < -0.3 is 10.8 Å². The van der Waals surface area contributed by atoms with E-state index in [2.05, 4.69) is 0 Å². The average Bonchev–Trinajstić information content (AvgIpc) is 2.10. The molecule has 0 aliphatic heterocycles. The Balaban J connectivity index is 4.01. The van der Waals surface area contributed by atoms with Crippen molar-refractivity contribution >= 4 is 10.0 Å². The van der Waals surface area contributed by atoms with Crippen molar-refractivity contribution in [1.29, 1.82) is 0 Å².